The maximum absolute atomic E-state index is 12.5. The van der Waals surface area contributed by atoms with Crippen LogP contribution in [-0.4, -0.2) is 25.3 Å². The van der Waals surface area contributed by atoms with Crippen molar-refractivity contribution in [1.82, 2.24) is 19.5 Å². The van der Waals surface area contributed by atoms with Crippen LogP contribution >= 0.6 is 0 Å². The van der Waals surface area contributed by atoms with Crippen LogP contribution in [0, 0.1) is 6.92 Å². The average Bonchev–Trinajstić information content (AvgIpc) is 2.97. The molecule has 3 aromatic rings. The normalized spacial score (nSPS) is 10.4. The molecule has 2 heterocycles. The summed E-state index contributed by atoms with van der Waals surface area (Å²) in [7, 11) is 0. The summed E-state index contributed by atoms with van der Waals surface area (Å²) in [6.45, 7) is 1.80. The first-order chi connectivity index (χ1) is 9.75. The minimum atomic E-state index is -0.133. The van der Waals surface area contributed by atoms with Gasteiger partial charge in [0.1, 0.15) is 11.6 Å². The number of ketones is 1. The van der Waals surface area contributed by atoms with Gasteiger partial charge in [-0.15, -0.1) is 0 Å². The van der Waals surface area contributed by atoms with Crippen molar-refractivity contribution in [3.8, 4) is 5.82 Å². The molecule has 0 fully saturated rings. The molecule has 2 aromatic heterocycles. The molecule has 3 rings (SSSR count). The van der Waals surface area contributed by atoms with E-state index in [4.69, 9.17) is 0 Å². The van der Waals surface area contributed by atoms with Crippen LogP contribution in [-0.2, 0) is 0 Å². The largest absolute Gasteiger partial charge is 0.285 e. The predicted molar refractivity (Wildman–Crippen MR) is 73.8 cm³/mol. The molecular weight excluding hydrogens is 252 g/mol. The summed E-state index contributed by atoms with van der Waals surface area (Å²) < 4.78 is 1.67. The van der Waals surface area contributed by atoms with Gasteiger partial charge in [-0.1, -0.05) is 30.3 Å². The fourth-order valence-corrected chi connectivity index (χ4v) is 1.95. The van der Waals surface area contributed by atoms with Gasteiger partial charge in [-0.3, -0.25) is 9.36 Å². The van der Waals surface area contributed by atoms with Crippen LogP contribution in [0.4, 0.5) is 0 Å². The van der Waals surface area contributed by atoms with E-state index < -0.39 is 0 Å². The smallest absolute Gasteiger partial charge is 0.228 e. The molecule has 1 aromatic carbocycles. The molecule has 0 saturated carbocycles. The lowest BCUT2D eigenvalue weighted by molar-refractivity contribution is 0.102. The van der Waals surface area contributed by atoms with Crippen LogP contribution < -0.4 is 0 Å². The topological polar surface area (TPSA) is 60.7 Å². The van der Waals surface area contributed by atoms with Gasteiger partial charge in [-0.2, -0.15) is 0 Å². The van der Waals surface area contributed by atoms with Gasteiger partial charge in [0.25, 0.3) is 0 Å². The van der Waals surface area contributed by atoms with Crippen LogP contribution in [0.15, 0.2) is 55.0 Å². The summed E-state index contributed by atoms with van der Waals surface area (Å²) in [5.41, 5.74) is 0.603. The third-order valence-electron chi connectivity index (χ3n) is 2.89. The minimum Gasteiger partial charge on any atom is -0.285 e. The lowest BCUT2D eigenvalue weighted by Gasteiger charge is -2.06. The van der Waals surface area contributed by atoms with Gasteiger partial charge in [-0.25, -0.2) is 15.0 Å². The predicted octanol–water partition coefficient (Wildman–Crippen LogP) is 2.20. The van der Waals surface area contributed by atoms with Crippen molar-refractivity contribution in [3.63, 3.8) is 0 Å². The lowest BCUT2D eigenvalue weighted by atomic mass is 10.1. The molecule has 0 aliphatic heterocycles. The number of aryl methyl sites for hydroxylation is 1. The Balaban J connectivity index is 2.05. The molecule has 0 radical (unpaired) electrons. The van der Waals surface area contributed by atoms with Gasteiger partial charge < -0.3 is 0 Å². The second-order valence-corrected chi connectivity index (χ2v) is 4.28. The van der Waals surface area contributed by atoms with E-state index in [0.29, 0.717) is 23.0 Å². The highest BCUT2D eigenvalue weighted by Gasteiger charge is 2.16. The lowest BCUT2D eigenvalue weighted by Crippen LogP contribution is -2.11. The molecular formula is C15H12N4O. The van der Waals surface area contributed by atoms with Crippen molar-refractivity contribution in [2.24, 2.45) is 0 Å². The summed E-state index contributed by atoms with van der Waals surface area (Å²) in [4.78, 5) is 25.0. The highest BCUT2D eigenvalue weighted by atomic mass is 16.1. The number of hydrogen-bond donors (Lipinski definition) is 0. The van der Waals surface area contributed by atoms with Gasteiger partial charge in [0.15, 0.2) is 5.82 Å². The Labute approximate surface area is 116 Å². The summed E-state index contributed by atoms with van der Waals surface area (Å²) in [5.74, 6) is 1.49. The number of benzene rings is 1. The first-order valence-corrected chi connectivity index (χ1v) is 6.19. The summed E-state index contributed by atoms with van der Waals surface area (Å²) in [6.07, 6.45) is 4.97. The van der Waals surface area contributed by atoms with Crippen LogP contribution in [0.25, 0.3) is 5.82 Å². The van der Waals surface area contributed by atoms with Crippen molar-refractivity contribution in [3.05, 3.63) is 72.2 Å². The molecule has 0 amide bonds. The van der Waals surface area contributed by atoms with E-state index in [1.165, 1.54) is 0 Å². The molecule has 0 aliphatic rings. The maximum Gasteiger partial charge on any atom is 0.228 e. The number of rotatable bonds is 3. The Morgan fingerprint density at radius 3 is 2.60 bits per heavy atom. The van der Waals surface area contributed by atoms with Crippen molar-refractivity contribution >= 4 is 5.78 Å². The van der Waals surface area contributed by atoms with Crippen molar-refractivity contribution in [2.45, 2.75) is 6.92 Å². The fourth-order valence-electron chi connectivity index (χ4n) is 1.95. The van der Waals surface area contributed by atoms with E-state index in [9.17, 15) is 4.79 Å². The van der Waals surface area contributed by atoms with E-state index in [-0.39, 0.29) is 5.78 Å². The quantitative estimate of drug-likeness (QED) is 0.680. The highest BCUT2D eigenvalue weighted by Crippen LogP contribution is 2.12. The number of aromatic nitrogens is 4. The van der Waals surface area contributed by atoms with E-state index in [0.717, 1.165) is 0 Å². The van der Waals surface area contributed by atoms with Gasteiger partial charge in [0, 0.05) is 24.2 Å². The SMILES string of the molecule is Cc1nccc(-n2ccnc2C(=O)c2ccccc2)n1. The van der Waals surface area contributed by atoms with E-state index in [1.54, 1.807) is 48.3 Å². The Kier molecular flexibility index (Phi) is 3.09. The number of nitrogens with zero attached hydrogens (tertiary/aromatic N) is 4. The monoisotopic (exact) mass is 264 g/mol. The number of carbonyl (C=O) groups is 1. The molecule has 0 bridgehead atoms. The molecule has 0 saturated heterocycles. The Morgan fingerprint density at radius 2 is 1.85 bits per heavy atom. The Bertz CT molecular complexity index is 749. The van der Waals surface area contributed by atoms with Crippen LogP contribution in [0.1, 0.15) is 22.0 Å². The molecule has 0 atom stereocenters. The zero-order valence-electron chi connectivity index (χ0n) is 10.9. The zero-order chi connectivity index (χ0) is 13.9. The maximum atomic E-state index is 12.5. The van der Waals surface area contributed by atoms with E-state index in [2.05, 4.69) is 15.0 Å². The van der Waals surface area contributed by atoms with E-state index in [1.807, 2.05) is 18.2 Å². The van der Waals surface area contributed by atoms with Crippen LogP contribution in [0.3, 0.4) is 0 Å². The van der Waals surface area contributed by atoms with Crippen molar-refractivity contribution < 1.29 is 4.79 Å². The summed E-state index contributed by atoms with van der Waals surface area (Å²) in [6, 6.07) is 10.8. The molecule has 5 heteroatoms. The summed E-state index contributed by atoms with van der Waals surface area (Å²) in [5, 5.41) is 0. The third kappa shape index (κ3) is 2.21. The minimum absolute atomic E-state index is 0.133. The second-order valence-electron chi connectivity index (χ2n) is 4.28. The van der Waals surface area contributed by atoms with Crippen LogP contribution in [0.2, 0.25) is 0 Å². The van der Waals surface area contributed by atoms with Gasteiger partial charge in [0.2, 0.25) is 5.78 Å². The van der Waals surface area contributed by atoms with E-state index >= 15 is 0 Å². The highest BCUT2D eigenvalue weighted by molar-refractivity contribution is 6.06. The van der Waals surface area contributed by atoms with Crippen molar-refractivity contribution in [2.75, 3.05) is 0 Å². The molecule has 98 valence electrons. The second kappa shape index (κ2) is 5.05. The number of carbonyl (C=O) groups excluding carboxylic acids is 1. The van der Waals surface area contributed by atoms with Gasteiger partial charge in [-0.05, 0) is 13.0 Å². The standard InChI is InChI=1S/C15H12N4O/c1-11-16-8-7-13(18-11)19-10-9-17-15(19)14(20)12-5-3-2-4-6-12/h2-10H,1H3. The average molecular weight is 264 g/mol. The van der Waals surface area contributed by atoms with Crippen LogP contribution in [0.5, 0.6) is 0 Å². The first-order valence-electron chi connectivity index (χ1n) is 6.19. The number of hydrogen-bond acceptors (Lipinski definition) is 4. The molecule has 0 spiro atoms. The van der Waals surface area contributed by atoms with Gasteiger partial charge in [0.05, 0.1) is 0 Å². The molecule has 5 nitrogen and oxygen atoms in total. The van der Waals surface area contributed by atoms with Crippen molar-refractivity contribution in [1.29, 1.82) is 0 Å². The molecule has 0 N–H and O–H groups in total. The zero-order valence-corrected chi connectivity index (χ0v) is 10.9. The fraction of sp³-hybridized carbons (Fsp3) is 0.0667. The molecule has 20 heavy (non-hydrogen) atoms. The molecule has 0 unspecified atom stereocenters. The first kappa shape index (κ1) is 12.2. The number of imidazole rings is 1. The molecule has 0 aliphatic carbocycles. The Morgan fingerprint density at radius 1 is 1.05 bits per heavy atom. The Hall–Kier alpha value is -2.82. The third-order valence-corrected chi connectivity index (χ3v) is 2.89. The summed E-state index contributed by atoms with van der Waals surface area (Å²) >= 11 is 0. The van der Waals surface area contributed by atoms with Gasteiger partial charge >= 0.3 is 0 Å².